The summed E-state index contributed by atoms with van der Waals surface area (Å²) in [7, 11) is 0. The highest BCUT2D eigenvalue weighted by atomic mass is 16.4. The Morgan fingerprint density at radius 2 is 1.95 bits per heavy atom. The van der Waals surface area contributed by atoms with Crippen molar-refractivity contribution < 1.29 is 24.6 Å². The summed E-state index contributed by atoms with van der Waals surface area (Å²) in [5, 5.41) is 22.2. The maximum Gasteiger partial charge on any atom is 0.326 e. The van der Waals surface area contributed by atoms with Crippen molar-refractivity contribution in [2.24, 2.45) is 5.41 Å². The summed E-state index contributed by atoms with van der Waals surface area (Å²) in [4.78, 5) is 32.9. The second kappa shape index (κ2) is 5.90. The number of carboxylic acids is 2. The molecule has 0 radical (unpaired) electrons. The fourth-order valence-corrected chi connectivity index (χ4v) is 2.32. The molecule has 1 aliphatic carbocycles. The van der Waals surface area contributed by atoms with Crippen LogP contribution < -0.4 is 10.6 Å². The van der Waals surface area contributed by atoms with Gasteiger partial charge in [-0.25, -0.2) is 9.59 Å². The quantitative estimate of drug-likeness (QED) is 0.590. The first-order chi connectivity index (χ1) is 8.69. The third-order valence-corrected chi connectivity index (χ3v) is 3.29. The van der Waals surface area contributed by atoms with Crippen LogP contribution in [0.2, 0.25) is 0 Å². The van der Waals surface area contributed by atoms with Crippen LogP contribution in [0.3, 0.4) is 0 Å². The van der Waals surface area contributed by atoms with Gasteiger partial charge in [-0.3, -0.25) is 4.79 Å². The van der Waals surface area contributed by atoms with Crippen molar-refractivity contribution >= 4 is 18.0 Å². The highest BCUT2D eigenvalue weighted by molar-refractivity contribution is 5.86. The lowest BCUT2D eigenvalue weighted by molar-refractivity contribution is -0.145. The van der Waals surface area contributed by atoms with Crippen LogP contribution in [0.15, 0.2) is 0 Å². The molecule has 0 bridgehead atoms. The van der Waals surface area contributed by atoms with Gasteiger partial charge < -0.3 is 20.8 Å². The van der Waals surface area contributed by atoms with Gasteiger partial charge in [0.2, 0.25) is 0 Å². The Morgan fingerprint density at radius 3 is 2.37 bits per heavy atom. The second-order valence-corrected chi connectivity index (χ2v) is 5.71. The molecule has 0 spiro atoms. The molecule has 108 valence electrons. The number of carboxylic acid groups (broad SMARTS) is 2. The van der Waals surface area contributed by atoms with Crippen molar-refractivity contribution in [1.29, 1.82) is 0 Å². The van der Waals surface area contributed by atoms with E-state index in [2.05, 4.69) is 24.5 Å². The van der Waals surface area contributed by atoms with Gasteiger partial charge in [-0.05, 0) is 24.7 Å². The minimum absolute atomic E-state index is 0.00859. The summed E-state index contributed by atoms with van der Waals surface area (Å²) in [6.45, 7) is 4.22. The number of hydrogen-bond acceptors (Lipinski definition) is 3. The third-order valence-electron chi connectivity index (χ3n) is 3.29. The standard InChI is InChI=1S/C12H20N2O5/c1-12(2)4-3-7(6-12)13-11(19)14-8(10(17)18)5-9(15)16/h7-8H,3-6H2,1-2H3,(H,15,16)(H,17,18)(H2,13,14,19). The number of nitrogens with one attached hydrogen (secondary N) is 2. The van der Waals surface area contributed by atoms with Crippen LogP contribution in [0.5, 0.6) is 0 Å². The Bertz CT molecular complexity index is 380. The third kappa shape index (κ3) is 5.15. The molecule has 2 atom stereocenters. The normalized spacial score (nSPS) is 22.5. The van der Waals surface area contributed by atoms with E-state index in [0.717, 1.165) is 19.3 Å². The molecule has 1 fully saturated rings. The number of aliphatic carboxylic acids is 2. The van der Waals surface area contributed by atoms with Crippen LogP contribution in [0, 0.1) is 5.41 Å². The van der Waals surface area contributed by atoms with Gasteiger partial charge in [0.25, 0.3) is 0 Å². The van der Waals surface area contributed by atoms with Crippen molar-refractivity contribution in [2.75, 3.05) is 0 Å². The molecule has 2 amide bonds. The average Bonchev–Trinajstić information content (AvgIpc) is 2.56. The molecule has 1 aliphatic rings. The van der Waals surface area contributed by atoms with Crippen molar-refractivity contribution in [1.82, 2.24) is 10.6 Å². The molecule has 0 aromatic heterocycles. The first-order valence-corrected chi connectivity index (χ1v) is 6.21. The van der Waals surface area contributed by atoms with E-state index >= 15 is 0 Å². The molecule has 4 N–H and O–H groups in total. The largest absolute Gasteiger partial charge is 0.481 e. The highest BCUT2D eigenvalue weighted by Crippen LogP contribution is 2.36. The summed E-state index contributed by atoms with van der Waals surface area (Å²) in [5.41, 5.74) is 0.172. The van der Waals surface area contributed by atoms with Crippen molar-refractivity contribution in [3.05, 3.63) is 0 Å². The van der Waals surface area contributed by atoms with Crippen LogP contribution >= 0.6 is 0 Å². The van der Waals surface area contributed by atoms with Gasteiger partial charge in [-0.1, -0.05) is 13.8 Å². The Morgan fingerprint density at radius 1 is 1.32 bits per heavy atom. The maximum atomic E-state index is 11.6. The number of amides is 2. The highest BCUT2D eigenvalue weighted by Gasteiger charge is 2.32. The van der Waals surface area contributed by atoms with Crippen molar-refractivity contribution in [2.45, 2.75) is 51.6 Å². The lowest BCUT2D eigenvalue weighted by atomic mass is 9.92. The lowest BCUT2D eigenvalue weighted by Gasteiger charge is -2.19. The predicted molar refractivity (Wildman–Crippen MR) is 66.8 cm³/mol. The number of hydrogen-bond donors (Lipinski definition) is 4. The zero-order valence-corrected chi connectivity index (χ0v) is 11.1. The smallest absolute Gasteiger partial charge is 0.326 e. The summed E-state index contributed by atoms with van der Waals surface area (Å²) in [5.74, 6) is -2.63. The summed E-state index contributed by atoms with van der Waals surface area (Å²) >= 11 is 0. The number of urea groups is 1. The molecular formula is C12H20N2O5. The van der Waals surface area contributed by atoms with Crippen molar-refractivity contribution in [3.8, 4) is 0 Å². The summed E-state index contributed by atoms with van der Waals surface area (Å²) in [6.07, 6.45) is 2.03. The molecule has 0 aromatic rings. The van der Waals surface area contributed by atoms with E-state index in [1.165, 1.54) is 0 Å². The summed E-state index contributed by atoms with van der Waals surface area (Å²) < 4.78 is 0. The minimum Gasteiger partial charge on any atom is -0.481 e. The Labute approximate surface area is 111 Å². The minimum atomic E-state index is -1.41. The number of rotatable bonds is 5. The van der Waals surface area contributed by atoms with Crippen molar-refractivity contribution in [3.63, 3.8) is 0 Å². The Balaban J connectivity index is 2.45. The van der Waals surface area contributed by atoms with E-state index in [9.17, 15) is 14.4 Å². The van der Waals surface area contributed by atoms with E-state index in [4.69, 9.17) is 10.2 Å². The molecule has 1 rings (SSSR count). The molecule has 0 heterocycles. The fraction of sp³-hybridized carbons (Fsp3) is 0.750. The fourth-order valence-electron chi connectivity index (χ4n) is 2.32. The van der Waals surface area contributed by atoms with E-state index < -0.39 is 30.4 Å². The molecule has 0 saturated heterocycles. The Hall–Kier alpha value is -1.79. The monoisotopic (exact) mass is 272 g/mol. The van der Waals surface area contributed by atoms with Crippen LogP contribution in [0.25, 0.3) is 0 Å². The van der Waals surface area contributed by atoms with E-state index in [1.54, 1.807) is 0 Å². The molecular weight excluding hydrogens is 252 g/mol. The van der Waals surface area contributed by atoms with Gasteiger partial charge in [0.05, 0.1) is 6.42 Å². The average molecular weight is 272 g/mol. The Kier molecular flexibility index (Phi) is 4.74. The second-order valence-electron chi connectivity index (χ2n) is 5.71. The molecule has 7 nitrogen and oxygen atoms in total. The molecule has 1 saturated carbocycles. The van der Waals surface area contributed by atoms with Crippen LogP contribution in [-0.2, 0) is 9.59 Å². The zero-order valence-electron chi connectivity index (χ0n) is 11.1. The van der Waals surface area contributed by atoms with E-state index in [0.29, 0.717) is 0 Å². The van der Waals surface area contributed by atoms with Gasteiger partial charge in [-0.15, -0.1) is 0 Å². The van der Waals surface area contributed by atoms with Gasteiger partial charge in [0.1, 0.15) is 6.04 Å². The molecule has 7 heteroatoms. The van der Waals surface area contributed by atoms with Crippen LogP contribution in [0.4, 0.5) is 4.79 Å². The molecule has 0 aliphatic heterocycles. The molecule has 0 aromatic carbocycles. The van der Waals surface area contributed by atoms with Crippen LogP contribution in [0.1, 0.15) is 39.5 Å². The van der Waals surface area contributed by atoms with Crippen LogP contribution in [-0.4, -0.2) is 40.3 Å². The number of carbonyl (C=O) groups excluding carboxylic acids is 1. The first-order valence-electron chi connectivity index (χ1n) is 6.21. The topological polar surface area (TPSA) is 116 Å². The van der Waals surface area contributed by atoms with Gasteiger partial charge in [0.15, 0.2) is 0 Å². The van der Waals surface area contributed by atoms with E-state index in [-0.39, 0.29) is 11.5 Å². The van der Waals surface area contributed by atoms with Gasteiger partial charge >= 0.3 is 18.0 Å². The zero-order chi connectivity index (χ0) is 14.6. The lowest BCUT2D eigenvalue weighted by Crippen LogP contribution is -2.49. The van der Waals surface area contributed by atoms with Gasteiger partial charge in [-0.2, -0.15) is 0 Å². The summed E-state index contributed by atoms with van der Waals surface area (Å²) in [6, 6.07) is -2.03. The predicted octanol–water partition coefficient (Wildman–Crippen LogP) is 0.792. The molecule has 2 unspecified atom stereocenters. The first kappa shape index (κ1) is 15.3. The van der Waals surface area contributed by atoms with E-state index in [1.807, 2.05) is 0 Å². The SMILES string of the molecule is CC1(C)CCC(NC(=O)NC(CC(=O)O)C(=O)O)C1. The molecule has 19 heavy (non-hydrogen) atoms. The number of carbonyl (C=O) groups is 3. The van der Waals surface area contributed by atoms with Gasteiger partial charge in [0, 0.05) is 6.04 Å². The maximum absolute atomic E-state index is 11.6.